The minimum atomic E-state index is 0. The van der Waals surface area contributed by atoms with Gasteiger partial charge in [0.15, 0.2) is 0 Å². The van der Waals surface area contributed by atoms with Crippen molar-refractivity contribution in [2.45, 2.75) is 41.0 Å². The Kier molecular flexibility index (Phi) is 16.7. The molecule has 1 saturated carbocycles. The summed E-state index contributed by atoms with van der Waals surface area (Å²) < 4.78 is 0. The Labute approximate surface area is 190 Å². The van der Waals surface area contributed by atoms with Crippen molar-refractivity contribution in [3.63, 3.8) is 0 Å². The normalized spacial score (nSPS) is 14.1. The fourth-order valence-electron chi connectivity index (χ4n) is 3.01. The molecule has 0 bridgehead atoms. The molecular weight excluding hydrogens is 394 g/mol. The van der Waals surface area contributed by atoms with Gasteiger partial charge in [0.25, 0.3) is 0 Å². The van der Waals surface area contributed by atoms with Crippen LogP contribution in [0.25, 0.3) is 0 Å². The molecule has 0 spiro atoms. The molecular formula is C25H42N2Zn+. The van der Waals surface area contributed by atoms with Gasteiger partial charge in [-0.3, -0.25) is 0 Å². The first kappa shape index (κ1) is 30.0. The van der Waals surface area contributed by atoms with Crippen LogP contribution in [0.3, 0.4) is 0 Å². The van der Waals surface area contributed by atoms with Crippen molar-refractivity contribution in [1.82, 2.24) is 9.80 Å². The number of likely N-dealkylation sites (N-methyl/N-ethyl adjacent to an activating group) is 2. The van der Waals surface area contributed by atoms with Gasteiger partial charge in [-0.25, -0.2) is 0 Å². The number of benzene rings is 1. The van der Waals surface area contributed by atoms with Crippen LogP contribution in [0.2, 0.25) is 0 Å². The quantitative estimate of drug-likeness (QED) is 0.446. The fraction of sp³-hybridized carbons (Fsp3) is 0.520. The van der Waals surface area contributed by atoms with Gasteiger partial charge < -0.3 is 16.7 Å². The molecule has 3 heteroatoms. The molecule has 0 amide bonds. The zero-order chi connectivity index (χ0) is 21.0. The predicted octanol–water partition coefficient (Wildman–Crippen LogP) is 5.22. The second-order valence-corrected chi connectivity index (χ2v) is 8.34. The van der Waals surface area contributed by atoms with Crippen LogP contribution in [0, 0.1) is 57.8 Å². The molecule has 0 heterocycles. The molecule has 5 radical (unpaired) electrons. The molecule has 1 aliphatic carbocycles. The first-order valence-electron chi connectivity index (χ1n) is 9.89. The van der Waals surface area contributed by atoms with Gasteiger partial charge in [0, 0.05) is 13.1 Å². The first-order chi connectivity index (χ1) is 12.6. The van der Waals surface area contributed by atoms with E-state index >= 15 is 0 Å². The molecule has 153 valence electrons. The maximum atomic E-state index is 3.25. The van der Waals surface area contributed by atoms with E-state index in [2.05, 4.69) is 116 Å². The average molecular weight is 436 g/mol. The van der Waals surface area contributed by atoms with Crippen molar-refractivity contribution in [3.8, 4) is 0 Å². The Morgan fingerprint density at radius 3 is 1.54 bits per heavy atom. The minimum absolute atomic E-state index is 0. The Bertz CT molecular complexity index is 475. The number of rotatable bonds is 6. The Balaban J connectivity index is 0. The smallest absolute Gasteiger partial charge is 0.346 e. The maximum Gasteiger partial charge on any atom is 2.00 e. The van der Waals surface area contributed by atoms with Crippen molar-refractivity contribution < 1.29 is 19.5 Å². The summed E-state index contributed by atoms with van der Waals surface area (Å²) in [5.41, 5.74) is 4.37. The van der Waals surface area contributed by atoms with E-state index < -0.39 is 0 Å². The largest absolute Gasteiger partial charge is 2.00 e. The van der Waals surface area contributed by atoms with E-state index in [0.717, 1.165) is 19.5 Å². The van der Waals surface area contributed by atoms with Crippen LogP contribution < -0.4 is 0 Å². The molecule has 2 nitrogen and oxygen atoms in total. The molecule has 0 unspecified atom stereocenters. The van der Waals surface area contributed by atoms with Crippen molar-refractivity contribution in [3.05, 3.63) is 73.4 Å². The average Bonchev–Trinajstić information content (AvgIpc) is 3.09. The van der Waals surface area contributed by atoms with Crippen LogP contribution in [-0.2, 0) is 25.9 Å². The molecule has 2 rings (SSSR count). The molecule has 0 aliphatic heterocycles. The van der Waals surface area contributed by atoms with Crippen LogP contribution in [0.5, 0.6) is 0 Å². The first-order valence-corrected chi connectivity index (χ1v) is 9.89. The monoisotopic (exact) mass is 434 g/mol. The zero-order valence-corrected chi connectivity index (χ0v) is 22.9. The number of aryl methyl sites for hydroxylation is 2. The fourth-order valence-corrected chi connectivity index (χ4v) is 3.01. The van der Waals surface area contributed by atoms with Gasteiger partial charge >= 0.3 is 19.5 Å². The van der Waals surface area contributed by atoms with E-state index in [-0.39, 0.29) is 24.9 Å². The van der Waals surface area contributed by atoms with E-state index in [9.17, 15) is 0 Å². The molecule has 0 atom stereocenters. The van der Waals surface area contributed by atoms with Crippen molar-refractivity contribution in [2.75, 3.05) is 41.3 Å². The van der Waals surface area contributed by atoms with Crippen molar-refractivity contribution in [2.24, 2.45) is 5.41 Å². The van der Waals surface area contributed by atoms with E-state index in [0.29, 0.717) is 0 Å². The summed E-state index contributed by atoms with van der Waals surface area (Å²) in [4.78, 5) is 4.36. The van der Waals surface area contributed by atoms with Crippen LogP contribution in [0.15, 0.2) is 18.2 Å². The van der Waals surface area contributed by atoms with Gasteiger partial charge in [-0.15, -0.1) is 0 Å². The maximum absolute atomic E-state index is 3.25. The van der Waals surface area contributed by atoms with Gasteiger partial charge in [0.1, 0.15) is 0 Å². The summed E-state index contributed by atoms with van der Waals surface area (Å²) in [6.45, 7) is 16.3. The summed E-state index contributed by atoms with van der Waals surface area (Å²) in [6, 6.07) is 6.84. The van der Waals surface area contributed by atoms with Crippen LogP contribution in [0.1, 0.15) is 37.5 Å². The molecule has 1 aromatic rings. The van der Waals surface area contributed by atoms with Gasteiger partial charge in [-0.1, -0.05) is 43.2 Å². The topological polar surface area (TPSA) is 6.48 Å². The zero-order valence-electron chi connectivity index (χ0n) is 20.0. The van der Waals surface area contributed by atoms with Gasteiger partial charge in [-0.2, -0.15) is 6.92 Å². The standard InChI is InChI=1S/C17H21.C6H16N2.C2H5.Zn/c1-13-9-14(2)11-15(10-13)12-17(3,4)16-7-5-6-8-16;1-7(2)5-6-8(3)4;1-2;/h5-11H,12H2,1-4H3;5-6H2,1-4H3;1H2,2H3;/q;;-1;+2. The second kappa shape index (κ2) is 15.6. The van der Waals surface area contributed by atoms with Gasteiger partial charge in [0.05, 0.1) is 0 Å². The molecule has 1 aromatic carbocycles. The summed E-state index contributed by atoms with van der Waals surface area (Å²) in [6.07, 6.45) is 9.79. The van der Waals surface area contributed by atoms with Crippen molar-refractivity contribution in [1.29, 1.82) is 0 Å². The molecule has 0 aromatic heterocycles. The second-order valence-electron chi connectivity index (χ2n) is 8.34. The molecule has 0 N–H and O–H groups in total. The molecule has 0 saturated heterocycles. The third-order valence-electron chi connectivity index (χ3n) is 4.37. The minimum Gasteiger partial charge on any atom is -0.346 e. The third kappa shape index (κ3) is 13.1. The van der Waals surface area contributed by atoms with Crippen molar-refractivity contribution >= 4 is 0 Å². The van der Waals surface area contributed by atoms with E-state index in [1.165, 1.54) is 22.6 Å². The number of hydrogen-bond acceptors (Lipinski definition) is 2. The summed E-state index contributed by atoms with van der Waals surface area (Å²) in [5, 5.41) is 0. The predicted molar refractivity (Wildman–Crippen MR) is 122 cm³/mol. The number of nitrogens with zero attached hydrogens (tertiary/aromatic N) is 2. The molecule has 28 heavy (non-hydrogen) atoms. The Morgan fingerprint density at radius 2 is 1.18 bits per heavy atom. The Hall–Kier alpha value is -0.237. The van der Waals surface area contributed by atoms with E-state index in [4.69, 9.17) is 0 Å². The SMILES string of the molecule is CN(C)CCN(C)C.Cc1cc(C)cc(CC(C)(C)[C]2[CH][CH][CH][CH]2)c1.[CH2-]C.[Zn+2]. The molecule has 1 fully saturated rings. The van der Waals surface area contributed by atoms with Crippen LogP contribution in [-0.4, -0.2) is 51.1 Å². The number of hydrogen-bond donors (Lipinski definition) is 0. The van der Waals surface area contributed by atoms with E-state index in [1.54, 1.807) is 6.92 Å². The summed E-state index contributed by atoms with van der Waals surface area (Å²) in [5.74, 6) is 1.43. The van der Waals surface area contributed by atoms with Gasteiger partial charge in [0.2, 0.25) is 0 Å². The molecule has 1 aliphatic rings. The third-order valence-corrected chi connectivity index (χ3v) is 4.37. The van der Waals surface area contributed by atoms with E-state index in [1.807, 2.05) is 0 Å². The van der Waals surface area contributed by atoms with Crippen LogP contribution in [0.4, 0.5) is 0 Å². The van der Waals surface area contributed by atoms with Crippen LogP contribution >= 0.6 is 0 Å². The summed E-state index contributed by atoms with van der Waals surface area (Å²) >= 11 is 0. The van der Waals surface area contributed by atoms with Gasteiger partial charge in [-0.05, 0) is 91.0 Å². The summed E-state index contributed by atoms with van der Waals surface area (Å²) in [7, 11) is 8.35. The Morgan fingerprint density at radius 1 is 0.786 bits per heavy atom.